The molecule has 1 unspecified atom stereocenters. The molecule has 0 saturated carbocycles. The molecular weight excluding hydrogens is 220 g/mol. The molecule has 0 aromatic heterocycles. The summed E-state index contributed by atoms with van der Waals surface area (Å²) in [6.45, 7) is 11.0. The van der Waals surface area contributed by atoms with Gasteiger partial charge in [-0.1, -0.05) is 0 Å². The highest BCUT2D eigenvalue weighted by atomic mass is 16.5. The van der Waals surface area contributed by atoms with Crippen molar-refractivity contribution in [2.75, 3.05) is 6.61 Å². The number of nitrogens with one attached hydrogen (secondary N) is 2. The van der Waals surface area contributed by atoms with Crippen molar-refractivity contribution in [1.82, 2.24) is 10.6 Å². The molecule has 2 amide bonds. The molecule has 0 aromatic carbocycles. The highest BCUT2D eigenvalue weighted by molar-refractivity contribution is 5.87. The molecule has 0 aliphatic rings. The van der Waals surface area contributed by atoms with E-state index >= 15 is 0 Å². The van der Waals surface area contributed by atoms with Gasteiger partial charge >= 0.3 is 0 Å². The van der Waals surface area contributed by atoms with Crippen molar-refractivity contribution in [2.45, 2.75) is 59.2 Å². The molecule has 0 rings (SSSR count). The summed E-state index contributed by atoms with van der Waals surface area (Å²) in [7, 11) is 0. The van der Waals surface area contributed by atoms with Gasteiger partial charge in [0, 0.05) is 6.04 Å². The number of amides is 2. The molecule has 0 heterocycles. The molecule has 0 aliphatic carbocycles. The van der Waals surface area contributed by atoms with E-state index in [-0.39, 0.29) is 30.1 Å². The third-order valence-electron chi connectivity index (χ3n) is 1.84. The van der Waals surface area contributed by atoms with Crippen LogP contribution in [0.3, 0.4) is 0 Å². The topological polar surface area (TPSA) is 67.4 Å². The molecule has 17 heavy (non-hydrogen) atoms. The van der Waals surface area contributed by atoms with Crippen LogP contribution >= 0.6 is 0 Å². The Morgan fingerprint density at radius 2 is 1.65 bits per heavy atom. The van der Waals surface area contributed by atoms with Gasteiger partial charge in [0.05, 0.1) is 5.60 Å². The standard InChI is InChI=1S/C12H24N2O3/c1-8(2)13-11(16)9(3)14-10(15)7-17-12(4,5)6/h8-9H,7H2,1-6H3,(H,13,16)(H,14,15). The first-order chi connectivity index (χ1) is 7.61. The van der Waals surface area contributed by atoms with Crippen LogP contribution in [0.5, 0.6) is 0 Å². The van der Waals surface area contributed by atoms with Crippen molar-refractivity contribution < 1.29 is 14.3 Å². The first-order valence-electron chi connectivity index (χ1n) is 5.85. The summed E-state index contributed by atoms with van der Waals surface area (Å²) in [6, 6.07) is -0.485. The van der Waals surface area contributed by atoms with E-state index in [0.29, 0.717) is 0 Å². The van der Waals surface area contributed by atoms with E-state index in [9.17, 15) is 9.59 Å². The second kappa shape index (κ2) is 6.59. The van der Waals surface area contributed by atoms with Crippen LogP contribution in [0.2, 0.25) is 0 Å². The second-order valence-corrected chi connectivity index (χ2v) is 5.35. The normalized spacial score (nSPS) is 13.4. The monoisotopic (exact) mass is 244 g/mol. The van der Waals surface area contributed by atoms with Crippen LogP contribution in [0.4, 0.5) is 0 Å². The van der Waals surface area contributed by atoms with Crippen molar-refractivity contribution in [1.29, 1.82) is 0 Å². The van der Waals surface area contributed by atoms with E-state index in [1.165, 1.54) is 0 Å². The van der Waals surface area contributed by atoms with E-state index in [2.05, 4.69) is 10.6 Å². The fourth-order valence-corrected chi connectivity index (χ4v) is 1.04. The lowest BCUT2D eigenvalue weighted by molar-refractivity contribution is -0.134. The summed E-state index contributed by atoms with van der Waals surface area (Å²) >= 11 is 0. The first kappa shape index (κ1) is 15.9. The van der Waals surface area contributed by atoms with Crippen LogP contribution in [-0.2, 0) is 14.3 Å². The number of hydrogen-bond acceptors (Lipinski definition) is 3. The van der Waals surface area contributed by atoms with E-state index in [1.54, 1.807) is 6.92 Å². The molecule has 1 atom stereocenters. The molecule has 100 valence electrons. The van der Waals surface area contributed by atoms with Gasteiger partial charge in [-0.25, -0.2) is 0 Å². The quantitative estimate of drug-likeness (QED) is 0.752. The first-order valence-corrected chi connectivity index (χ1v) is 5.85. The Hall–Kier alpha value is -1.10. The lowest BCUT2D eigenvalue weighted by Gasteiger charge is -2.20. The summed E-state index contributed by atoms with van der Waals surface area (Å²) < 4.78 is 5.31. The molecule has 5 nitrogen and oxygen atoms in total. The van der Waals surface area contributed by atoms with Gasteiger partial charge in [-0.05, 0) is 41.5 Å². The number of carbonyl (C=O) groups is 2. The van der Waals surface area contributed by atoms with Crippen LogP contribution in [-0.4, -0.2) is 36.1 Å². The second-order valence-electron chi connectivity index (χ2n) is 5.35. The summed E-state index contributed by atoms with van der Waals surface area (Å²) in [5.41, 5.74) is -0.360. The van der Waals surface area contributed by atoms with Gasteiger partial charge in [-0.3, -0.25) is 9.59 Å². The zero-order valence-corrected chi connectivity index (χ0v) is 11.6. The maximum Gasteiger partial charge on any atom is 0.246 e. The lowest BCUT2D eigenvalue weighted by Crippen LogP contribution is -2.48. The van der Waals surface area contributed by atoms with E-state index in [1.807, 2.05) is 34.6 Å². The van der Waals surface area contributed by atoms with Gasteiger partial charge < -0.3 is 15.4 Å². The van der Waals surface area contributed by atoms with Crippen molar-refractivity contribution in [2.24, 2.45) is 0 Å². The Labute approximate surface area is 103 Å². The molecule has 2 N–H and O–H groups in total. The van der Waals surface area contributed by atoms with E-state index in [4.69, 9.17) is 4.74 Å². The fourth-order valence-electron chi connectivity index (χ4n) is 1.04. The molecule has 0 bridgehead atoms. The van der Waals surface area contributed by atoms with Crippen LogP contribution in [0.1, 0.15) is 41.5 Å². The fraction of sp³-hybridized carbons (Fsp3) is 0.833. The molecule has 0 spiro atoms. The SMILES string of the molecule is CC(C)NC(=O)C(C)NC(=O)COC(C)(C)C. The minimum Gasteiger partial charge on any atom is -0.366 e. The number of ether oxygens (including phenoxy) is 1. The summed E-state index contributed by atoms with van der Waals surface area (Å²) in [5, 5.41) is 5.31. The Morgan fingerprint density at radius 3 is 2.06 bits per heavy atom. The number of carbonyl (C=O) groups excluding carboxylic acids is 2. The molecular formula is C12H24N2O3. The molecule has 0 fully saturated rings. The van der Waals surface area contributed by atoms with E-state index < -0.39 is 6.04 Å². The zero-order chi connectivity index (χ0) is 13.6. The minimum atomic E-state index is -0.548. The van der Waals surface area contributed by atoms with Crippen molar-refractivity contribution in [3.8, 4) is 0 Å². The van der Waals surface area contributed by atoms with E-state index in [0.717, 1.165) is 0 Å². The minimum absolute atomic E-state index is 0.0389. The van der Waals surface area contributed by atoms with Crippen molar-refractivity contribution >= 4 is 11.8 Å². The molecule has 5 heteroatoms. The number of hydrogen-bond donors (Lipinski definition) is 2. The van der Waals surface area contributed by atoms with Gasteiger partial charge in [-0.15, -0.1) is 0 Å². The molecule has 0 aromatic rings. The maximum absolute atomic E-state index is 11.5. The summed E-state index contributed by atoms with van der Waals surface area (Å²) in [6.07, 6.45) is 0. The predicted molar refractivity (Wildman–Crippen MR) is 66.6 cm³/mol. The van der Waals surface area contributed by atoms with Crippen LogP contribution in [0.15, 0.2) is 0 Å². The smallest absolute Gasteiger partial charge is 0.246 e. The van der Waals surface area contributed by atoms with Crippen LogP contribution in [0, 0.1) is 0 Å². The van der Waals surface area contributed by atoms with Gasteiger partial charge in [0.1, 0.15) is 12.6 Å². The highest BCUT2D eigenvalue weighted by Gasteiger charge is 2.18. The van der Waals surface area contributed by atoms with Crippen LogP contribution in [0.25, 0.3) is 0 Å². The van der Waals surface area contributed by atoms with Gasteiger partial charge in [0.15, 0.2) is 0 Å². The van der Waals surface area contributed by atoms with Crippen molar-refractivity contribution in [3.63, 3.8) is 0 Å². The Balaban J connectivity index is 4.00. The molecule has 0 aliphatic heterocycles. The summed E-state index contributed by atoms with van der Waals surface area (Å²) in [5.74, 6) is -0.476. The number of rotatable bonds is 5. The average molecular weight is 244 g/mol. The lowest BCUT2D eigenvalue weighted by atomic mass is 10.2. The zero-order valence-electron chi connectivity index (χ0n) is 11.6. The Kier molecular flexibility index (Phi) is 6.16. The van der Waals surface area contributed by atoms with Gasteiger partial charge in [0.2, 0.25) is 11.8 Å². The van der Waals surface area contributed by atoms with Crippen molar-refractivity contribution in [3.05, 3.63) is 0 Å². The molecule has 0 radical (unpaired) electrons. The third-order valence-corrected chi connectivity index (χ3v) is 1.84. The van der Waals surface area contributed by atoms with Crippen LogP contribution < -0.4 is 10.6 Å². The molecule has 0 saturated heterocycles. The third kappa shape index (κ3) is 8.68. The van der Waals surface area contributed by atoms with Gasteiger partial charge in [-0.2, -0.15) is 0 Å². The highest BCUT2D eigenvalue weighted by Crippen LogP contribution is 2.05. The largest absolute Gasteiger partial charge is 0.366 e. The summed E-state index contributed by atoms with van der Waals surface area (Å²) in [4.78, 5) is 23.0. The Bertz CT molecular complexity index is 269. The average Bonchev–Trinajstić information content (AvgIpc) is 2.12. The van der Waals surface area contributed by atoms with Gasteiger partial charge in [0.25, 0.3) is 0 Å². The maximum atomic E-state index is 11.5. The Morgan fingerprint density at radius 1 is 1.12 bits per heavy atom. The predicted octanol–water partition coefficient (Wildman–Crippen LogP) is 0.831.